The third-order valence-corrected chi connectivity index (χ3v) is 9.22. The van der Waals surface area contributed by atoms with Crippen molar-refractivity contribution in [1.29, 1.82) is 0 Å². The van der Waals surface area contributed by atoms with Gasteiger partial charge in [-0.25, -0.2) is 18.1 Å². The topological polar surface area (TPSA) is 139 Å². The quantitative estimate of drug-likeness (QED) is 0.310. The van der Waals surface area contributed by atoms with Gasteiger partial charge in [-0.2, -0.15) is 13.2 Å². The van der Waals surface area contributed by atoms with Crippen molar-refractivity contribution in [2.75, 3.05) is 35.2 Å². The second kappa shape index (κ2) is 11.9. The number of thiazole rings is 1. The molecule has 4 aromatic rings. The number of rotatable bonds is 7. The molecular weight excluding hydrogens is 607 g/mol. The van der Waals surface area contributed by atoms with Crippen LogP contribution in [0.5, 0.6) is 0 Å². The monoisotopic (exact) mass is 633 g/mol. The minimum absolute atomic E-state index is 0.0372. The number of aromatic nitrogens is 4. The van der Waals surface area contributed by atoms with E-state index in [2.05, 4.69) is 25.9 Å². The van der Waals surface area contributed by atoms with Crippen LogP contribution >= 0.6 is 11.3 Å². The number of nitrogens with zero attached hydrogens (tertiary/aromatic N) is 5. The summed E-state index contributed by atoms with van der Waals surface area (Å²) in [7, 11) is -3.14. The lowest BCUT2D eigenvalue weighted by molar-refractivity contribution is -0.137. The summed E-state index contributed by atoms with van der Waals surface area (Å²) in [4.78, 5) is 31.1. The number of carbonyl (C=O) groups excluding carboxylic acids is 2. The first-order valence-electron chi connectivity index (χ1n) is 13.0. The van der Waals surface area contributed by atoms with Crippen LogP contribution in [0.25, 0.3) is 16.3 Å². The van der Waals surface area contributed by atoms with Crippen molar-refractivity contribution in [2.24, 2.45) is 0 Å². The van der Waals surface area contributed by atoms with Crippen LogP contribution in [0.15, 0.2) is 48.8 Å². The van der Waals surface area contributed by atoms with Gasteiger partial charge in [0, 0.05) is 44.0 Å². The first-order valence-corrected chi connectivity index (χ1v) is 15.6. The predicted molar refractivity (Wildman–Crippen MR) is 155 cm³/mol. The largest absolute Gasteiger partial charge is 0.416 e. The van der Waals surface area contributed by atoms with Gasteiger partial charge in [0.25, 0.3) is 5.91 Å². The van der Waals surface area contributed by atoms with Crippen LogP contribution in [-0.4, -0.2) is 69.7 Å². The maximum Gasteiger partial charge on any atom is 0.416 e. The van der Waals surface area contributed by atoms with E-state index >= 15 is 0 Å². The molecule has 2 aromatic heterocycles. The van der Waals surface area contributed by atoms with E-state index in [1.54, 1.807) is 35.5 Å². The highest BCUT2D eigenvalue weighted by molar-refractivity contribution is 7.91. The number of sulfone groups is 1. The molecule has 1 fully saturated rings. The standard InChI is InChI=1S/C27H26F3N7O4S2/c1-16-3-4-19(11-23(16)37-15-22(34-35-37)24-13-31-26(42-24)32-17(2)38)25(39)33-21-10-18(9-20(12-21)27(28,29)30)14-36-5-7-43(40,41)8-6-36/h3-4,9-13,15H,5-8,14H2,1-2H3,(H,33,39)(H,31,32,38). The lowest BCUT2D eigenvalue weighted by Gasteiger charge is -2.27. The predicted octanol–water partition coefficient (Wildman–Crippen LogP) is 4.16. The number of benzene rings is 2. The molecule has 16 heteroatoms. The van der Waals surface area contributed by atoms with E-state index in [-0.39, 0.29) is 48.3 Å². The van der Waals surface area contributed by atoms with Gasteiger partial charge in [0.2, 0.25) is 5.91 Å². The second-order valence-corrected chi connectivity index (χ2v) is 13.4. The fourth-order valence-electron chi connectivity index (χ4n) is 4.48. The number of alkyl halides is 3. The summed E-state index contributed by atoms with van der Waals surface area (Å²) >= 11 is 1.22. The molecular formula is C27H26F3N7O4S2. The Morgan fingerprint density at radius 3 is 2.51 bits per heavy atom. The Balaban J connectivity index is 1.36. The lowest BCUT2D eigenvalue weighted by Crippen LogP contribution is -2.39. The Morgan fingerprint density at radius 2 is 1.81 bits per heavy atom. The number of amides is 2. The fraction of sp³-hybridized carbons (Fsp3) is 0.296. The molecule has 11 nitrogen and oxygen atoms in total. The SMILES string of the molecule is CC(=O)Nc1ncc(-c2cn(-c3cc(C(=O)Nc4cc(CN5CCS(=O)(=O)CC5)cc(C(F)(F)F)c4)ccc3C)nn2)s1. The molecule has 226 valence electrons. The number of aryl methyl sites for hydroxylation is 1. The van der Waals surface area contributed by atoms with Gasteiger partial charge in [0.05, 0.1) is 33.8 Å². The van der Waals surface area contributed by atoms with Crippen molar-refractivity contribution in [3.63, 3.8) is 0 Å². The summed E-state index contributed by atoms with van der Waals surface area (Å²) in [6, 6.07) is 8.13. The third-order valence-electron chi connectivity index (χ3n) is 6.67. The van der Waals surface area contributed by atoms with Crippen molar-refractivity contribution in [1.82, 2.24) is 24.9 Å². The molecule has 5 rings (SSSR count). The van der Waals surface area contributed by atoms with Crippen molar-refractivity contribution in [2.45, 2.75) is 26.6 Å². The third kappa shape index (κ3) is 7.44. The average molecular weight is 634 g/mol. The number of nitrogens with one attached hydrogen (secondary N) is 2. The van der Waals surface area contributed by atoms with E-state index in [0.717, 1.165) is 17.7 Å². The van der Waals surface area contributed by atoms with Gasteiger partial charge in [-0.15, -0.1) is 5.10 Å². The summed E-state index contributed by atoms with van der Waals surface area (Å²) in [6.45, 7) is 3.73. The van der Waals surface area contributed by atoms with Gasteiger partial charge in [0.15, 0.2) is 15.0 Å². The molecule has 0 spiro atoms. The average Bonchev–Trinajstić information content (AvgIpc) is 3.59. The molecule has 1 aliphatic heterocycles. The highest BCUT2D eigenvalue weighted by Gasteiger charge is 2.32. The first kappa shape index (κ1) is 30.3. The van der Waals surface area contributed by atoms with E-state index in [1.807, 2.05) is 6.92 Å². The molecule has 1 saturated heterocycles. The van der Waals surface area contributed by atoms with Gasteiger partial charge in [-0.1, -0.05) is 22.6 Å². The molecule has 1 aliphatic rings. The van der Waals surface area contributed by atoms with Crippen LogP contribution in [0.3, 0.4) is 0 Å². The molecule has 0 atom stereocenters. The maximum absolute atomic E-state index is 13.7. The molecule has 43 heavy (non-hydrogen) atoms. The number of anilines is 2. The molecule has 2 amide bonds. The zero-order valence-electron chi connectivity index (χ0n) is 23.0. The minimum Gasteiger partial charge on any atom is -0.322 e. The summed E-state index contributed by atoms with van der Waals surface area (Å²) in [6.07, 6.45) is -1.46. The second-order valence-electron chi connectivity index (χ2n) is 10.1. The van der Waals surface area contributed by atoms with Crippen LogP contribution in [0.1, 0.15) is 34.0 Å². The molecule has 3 heterocycles. The van der Waals surface area contributed by atoms with Crippen molar-refractivity contribution in [3.05, 3.63) is 71.0 Å². The highest BCUT2D eigenvalue weighted by atomic mass is 32.2. The molecule has 0 bridgehead atoms. The number of halogens is 3. The summed E-state index contributed by atoms with van der Waals surface area (Å²) in [5.41, 5.74) is 1.31. The van der Waals surface area contributed by atoms with Gasteiger partial charge < -0.3 is 10.6 Å². The molecule has 0 aliphatic carbocycles. The van der Waals surface area contributed by atoms with Crippen molar-refractivity contribution < 1.29 is 31.2 Å². The van der Waals surface area contributed by atoms with E-state index in [1.165, 1.54) is 29.0 Å². The molecule has 0 radical (unpaired) electrons. The summed E-state index contributed by atoms with van der Waals surface area (Å²) in [5.74, 6) is -0.989. The molecule has 2 N–H and O–H groups in total. The zero-order valence-corrected chi connectivity index (χ0v) is 24.6. The summed E-state index contributed by atoms with van der Waals surface area (Å²) in [5, 5.41) is 13.9. The Morgan fingerprint density at radius 1 is 1.07 bits per heavy atom. The molecule has 2 aromatic carbocycles. The minimum atomic E-state index is -4.65. The fourth-order valence-corrected chi connectivity index (χ4v) is 6.57. The Hall–Kier alpha value is -4.15. The van der Waals surface area contributed by atoms with Crippen LogP contribution in [0.2, 0.25) is 0 Å². The normalized spacial score (nSPS) is 15.3. The number of carbonyl (C=O) groups is 2. The maximum atomic E-state index is 13.7. The smallest absolute Gasteiger partial charge is 0.322 e. The van der Waals surface area contributed by atoms with Gasteiger partial charge in [-0.05, 0) is 48.4 Å². The van der Waals surface area contributed by atoms with Gasteiger partial charge >= 0.3 is 6.18 Å². The van der Waals surface area contributed by atoms with Gasteiger partial charge in [-0.3, -0.25) is 14.5 Å². The molecule has 0 unspecified atom stereocenters. The van der Waals surface area contributed by atoms with Crippen LogP contribution in [-0.2, 0) is 27.4 Å². The van der Waals surface area contributed by atoms with Crippen LogP contribution in [0.4, 0.5) is 24.0 Å². The van der Waals surface area contributed by atoms with Crippen molar-refractivity contribution in [3.8, 4) is 16.3 Å². The van der Waals surface area contributed by atoms with E-state index in [4.69, 9.17) is 0 Å². The summed E-state index contributed by atoms with van der Waals surface area (Å²) < 4.78 is 66.1. The van der Waals surface area contributed by atoms with Crippen LogP contribution in [0, 0.1) is 6.92 Å². The highest BCUT2D eigenvalue weighted by Crippen LogP contribution is 2.33. The first-order chi connectivity index (χ1) is 20.3. The zero-order chi connectivity index (χ0) is 30.9. The van der Waals surface area contributed by atoms with Crippen molar-refractivity contribution >= 4 is 43.8 Å². The lowest BCUT2D eigenvalue weighted by atomic mass is 10.1. The van der Waals surface area contributed by atoms with E-state index in [0.29, 0.717) is 27.0 Å². The molecule has 0 saturated carbocycles. The van der Waals surface area contributed by atoms with Gasteiger partial charge in [0.1, 0.15) is 5.69 Å². The van der Waals surface area contributed by atoms with E-state index < -0.39 is 27.5 Å². The Labute approximate surface area is 248 Å². The Bertz CT molecular complexity index is 1790. The number of hydrogen-bond acceptors (Lipinski definition) is 9. The number of hydrogen-bond donors (Lipinski definition) is 2. The van der Waals surface area contributed by atoms with Crippen LogP contribution < -0.4 is 10.6 Å². The Kier molecular flexibility index (Phi) is 8.36. The van der Waals surface area contributed by atoms with E-state index in [9.17, 15) is 31.2 Å².